The zero-order valence-corrected chi connectivity index (χ0v) is 17.4. The van der Waals surface area contributed by atoms with Crippen molar-refractivity contribution in [2.24, 2.45) is 11.8 Å². The highest BCUT2D eigenvalue weighted by atomic mass is 14.7. The second-order valence-electron chi connectivity index (χ2n) is 8.74. The van der Waals surface area contributed by atoms with E-state index in [1.54, 1.807) is 0 Å². The minimum Gasteiger partial charge on any atom is -0.248 e. The number of rotatable bonds is 5. The molecule has 0 aliphatic carbocycles. The van der Waals surface area contributed by atoms with Crippen LogP contribution in [0.15, 0.2) is 66.7 Å². The maximum absolute atomic E-state index is 5.13. The summed E-state index contributed by atoms with van der Waals surface area (Å²) < 4.78 is 0. The molecule has 0 radical (unpaired) electrons. The van der Waals surface area contributed by atoms with Crippen molar-refractivity contribution >= 4 is 21.7 Å². The topological polar surface area (TPSA) is 12.9 Å². The molecule has 1 aromatic heterocycles. The third-order valence-electron chi connectivity index (χ3n) is 5.29. The van der Waals surface area contributed by atoms with Gasteiger partial charge in [-0.15, -0.1) is 0 Å². The molecule has 28 heavy (non-hydrogen) atoms. The van der Waals surface area contributed by atoms with Crippen LogP contribution in [-0.4, -0.2) is 4.98 Å². The molecule has 0 saturated heterocycles. The quantitative estimate of drug-likeness (QED) is 0.357. The van der Waals surface area contributed by atoms with Crippen LogP contribution in [0.2, 0.25) is 0 Å². The molecule has 0 aliphatic heterocycles. The monoisotopic (exact) mass is 367 g/mol. The highest BCUT2D eigenvalue weighted by Gasteiger charge is 2.11. The van der Waals surface area contributed by atoms with Crippen LogP contribution >= 0.6 is 0 Å². The molecule has 1 heterocycles. The summed E-state index contributed by atoms with van der Waals surface area (Å²) in [6, 6.07) is 24.2. The molecular formula is C27H29N. The largest absolute Gasteiger partial charge is 0.248 e. The van der Waals surface area contributed by atoms with E-state index in [1.165, 1.54) is 32.8 Å². The smallest absolute Gasteiger partial charge is 0.0715 e. The zero-order chi connectivity index (χ0) is 19.7. The SMILES string of the molecule is CC(C)Cc1cc(CC(C)C)c2ccc(-c3cccc4ccccc34)nc2c1. The van der Waals surface area contributed by atoms with Gasteiger partial charge >= 0.3 is 0 Å². The first kappa shape index (κ1) is 18.7. The standard InChI is InChI=1S/C27H29N/c1-18(2)14-20-16-22(15-19(3)4)24-12-13-26(28-27(24)17-20)25-11-7-9-21-8-5-6-10-23(21)25/h5-13,16-19H,14-15H2,1-4H3. The molecule has 1 heteroatoms. The van der Waals surface area contributed by atoms with E-state index in [0.717, 1.165) is 24.1 Å². The molecule has 0 atom stereocenters. The Balaban J connectivity index is 1.89. The summed E-state index contributed by atoms with van der Waals surface area (Å²) in [6.07, 6.45) is 2.19. The van der Waals surface area contributed by atoms with Crippen molar-refractivity contribution in [1.29, 1.82) is 0 Å². The minimum absolute atomic E-state index is 0.634. The van der Waals surface area contributed by atoms with Crippen molar-refractivity contribution in [3.63, 3.8) is 0 Å². The lowest BCUT2D eigenvalue weighted by Crippen LogP contribution is -2.01. The molecule has 0 bridgehead atoms. The molecule has 0 fully saturated rings. The average Bonchev–Trinajstić information content (AvgIpc) is 2.66. The summed E-state index contributed by atoms with van der Waals surface area (Å²) in [7, 11) is 0. The molecule has 4 aromatic rings. The van der Waals surface area contributed by atoms with Crippen molar-refractivity contribution in [2.45, 2.75) is 40.5 Å². The van der Waals surface area contributed by atoms with Crippen LogP contribution in [0, 0.1) is 11.8 Å². The Bertz CT molecular complexity index is 1120. The van der Waals surface area contributed by atoms with Gasteiger partial charge in [0.15, 0.2) is 0 Å². The maximum Gasteiger partial charge on any atom is 0.0715 e. The zero-order valence-electron chi connectivity index (χ0n) is 17.4. The van der Waals surface area contributed by atoms with Crippen molar-refractivity contribution in [3.8, 4) is 11.3 Å². The van der Waals surface area contributed by atoms with Crippen LogP contribution in [0.25, 0.3) is 32.9 Å². The van der Waals surface area contributed by atoms with Gasteiger partial charge in [0.05, 0.1) is 11.2 Å². The number of pyridine rings is 1. The van der Waals surface area contributed by atoms with Gasteiger partial charge in [-0.2, -0.15) is 0 Å². The third-order valence-corrected chi connectivity index (χ3v) is 5.29. The van der Waals surface area contributed by atoms with Gasteiger partial charge in [-0.1, -0.05) is 82.3 Å². The fourth-order valence-electron chi connectivity index (χ4n) is 4.17. The lowest BCUT2D eigenvalue weighted by Gasteiger charge is -2.14. The lowest BCUT2D eigenvalue weighted by molar-refractivity contribution is 0.638. The Hall–Kier alpha value is -2.67. The second kappa shape index (κ2) is 7.75. The van der Waals surface area contributed by atoms with Crippen LogP contribution in [0.3, 0.4) is 0 Å². The van der Waals surface area contributed by atoms with Crippen LogP contribution in [0.5, 0.6) is 0 Å². The number of hydrogen-bond donors (Lipinski definition) is 0. The second-order valence-corrected chi connectivity index (χ2v) is 8.74. The molecule has 4 rings (SSSR count). The molecule has 0 N–H and O–H groups in total. The first-order chi connectivity index (χ1) is 13.5. The van der Waals surface area contributed by atoms with Crippen molar-refractivity contribution in [3.05, 3.63) is 77.9 Å². The van der Waals surface area contributed by atoms with Crippen molar-refractivity contribution in [1.82, 2.24) is 4.98 Å². The molecule has 0 amide bonds. The molecule has 0 unspecified atom stereocenters. The van der Waals surface area contributed by atoms with E-state index in [-0.39, 0.29) is 0 Å². The van der Waals surface area contributed by atoms with Gasteiger partial charge in [0.2, 0.25) is 0 Å². The van der Waals surface area contributed by atoms with E-state index in [4.69, 9.17) is 4.98 Å². The number of hydrogen-bond acceptors (Lipinski definition) is 1. The summed E-state index contributed by atoms with van der Waals surface area (Å²) in [5.41, 5.74) is 6.22. The number of benzene rings is 3. The predicted octanol–water partition coefficient (Wildman–Crippen LogP) is 7.45. The van der Waals surface area contributed by atoms with E-state index < -0.39 is 0 Å². The summed E-state index contributed by atoms with van der Waals surface area (Å²) in [6.45, 7) is 9.15. The average molecular weight is 368 g/mol. The van der Waals surface area contributed by atoms with Crippen LogP contribution in [0.4, 0.5) is 0 Å². The summed E-state index contributed by atoms with van der Waals surface area (Å²) in [4.78, 5) is 5.13. The summed E-state index contributed by atoms with van der Waals surface area (Å²) in [5.74, 6) is 1.28. The van der Waals surface area contributed by atoms with E-state index in [9.17, 15) is 0 Å². The summed E-state index contributed by atoms with van der Waals surface area (Å²) in [5, 5.41) is 3.82. The highest BCUT2D eigenvalue weighted by Crippen LogP contribution is 2.31. The molecule has 0 spiro atoms. The van der Waals surface area contributed by atoms with Gasteiger partial charge in [-0.25, -0.2) is 4.98 Å². The van der Waals surface area contributed by atoms with Gasteiger partial charge in [-0.3, -0.25) is 0 Å². The van der Waals surface area contributed by atoms with Crippen LogP contribution in [0.1, 0.15) is 38.8 Å². The normalized spacial score (nSPS) is 11.8. The van der Waals surface area contributed by atoms with Gasteiger partial charge in [0.1, 0.15) is 0 Å². The van der Waals surface area contributed by atoms with Crippen molar-refractivity contribution in [2.75, 3.05) is 0 Å². The first-order valence-corrected chi connectivity index (χ1v) is 10.4. The van der Waals surface area contributed by atoms with Crippen LogP contribution in [-0.2, 0) is 12.8 Å². The highest BCUT2D eigenvalue weighted by molar-refractivity contribution is 5.97. The summed E-state index contributed by atoms with van der Waals surface area (Å²) >= 11 is 0. The van der Waals surface area contributed by atoms with Gasteiger partial charge < -0.3 is 0 Å². The molecule has 0 aliphatic rings. The van der Waals surface area contributed by atoms with Gasteiger partial charge in [-0.05, 0) is 58.7 Å². The number of nitrogens with zero attached hydrogens (tertiary/aromatic N) is 1. The number of aromatic nitrogens is 1. The van der Waals surface area contributed by atoms with E-state index in [0.29, 0.717) is 11.8 Å². The van der Waals surface area contributed by atoms with Crippen LogP contribution < -0.4 is 0 Å². The molecular weight excluding hydrogens is 338 g/mol. The Morgan fingerprint density at radius 2 is 1.46 bits per heavy atom. The predicted molar refractivity (Wildman–Crippen MR) is 122 cm³/mol. The molecule has 142 valence electrons. The Morgan fingerprint density at radius 3 is 2.25 bits per heavy atom. The lowest BCUT2D eigenvalue weighted by atomic mass is 9.93. The molecule has 3 aromatic carbocycles. The number of fused-ring (bicyclic) bond motifs is 2. The molecule has 0 saturated carbocycles. The Kier molecular flexibility index (Phi) is 5.17. The van der Waals surface area contributed by atoms with Gasteiger partial charge in [0, 0.05) is 10.9 Å². The van der Waals surface area contributed by atoms with E-state index in [2.05, 4.69) is 94.4 Å². The van der Waals surface area contributed by atoms with E-state index in [1.807, 2.05) is 0 Å². The fraction of sp³-hybridized carbons (Fsp3) is 0.296. The van der Waals surface area contributed by atoms with Crippen molar-refractivity contribution < 1.29 is 0 Å². The molecule has 1 nitrogen and oxygen atoms in total. The fourth-order valence-corrected chi connectivity index (χ4v) is 4.17. The third kappa shape index (κ3) is 3.80. The Morgan fingerprint density at radius 1 is 0.714 bits per heavy atom. The first-order valence-electron chi connectivity index (χ1n) is 10.4. The Labute approximate surface area is 168 Å². The maximum atomic E-state index is 5.13. The minimum atomic E-state index is 0.634. The van der Waals surface area contributed by atoms with Gasteiger partial charge in [0.25, 0.3) is 0 Å². The van der Waals surface area contributed by atoms with E-state index >= 15 is 0 Å².